The normalized spacial score (nSPS) is 19.1. The Bertz CT molecular complexity index is 997. The molecule has 0 saturated carbocycles. The molecule has 0 amide bonds. The van der Waals surface area contributed by atoms with Crippen LogP contribution >= 0.6 is 11.8 Å². The van der Waals surface area contributed by atoms with E-state index in [9.17, 15) is 0 Å². The summed E-state index contributed by atoms with van der Waals surface area (Å²) in [5.74, 6) is 0.753. The standard InChI is InChI=1S/C21H25N3O2S/c25-14-16-26-15-13-23-9-11-24(12-10-23)21-17-5-1-3-7-19(17)27-20-8-4-2-6-18(20)22-21/h1-8,25H,9-16H2/i2D,4D,6D,8D. The van der Waals surface area contributed by atoms with E-state index in [1.807, 2.05) is 24.3 Å². The molecule has 0 unspecified atom stereocenters. The Morgan fingerprint density at radius 1 is 1.07 bits per heavy atom. The summed E-state index contributed by atoms with van der Waals surface area (Å²) < 4.78 is 38.2. The van der Waals surface area contributed by atoms with Gasteiger partial charge < -0.3 is 14.7 Å². The molecule has 1 N–H and O–H groups in total. The minimum atomic E-state index is -0.258. The van der Waals surface area contributed by atoms with E-state index in [2.05, 4.69) is 9.80 Å². The minimum Gasteiger partial charge on any atom is -0.394 e. The number of rotatable bonds is 5. The van der Waals surface area contributed by atoms with E-state index in [4.69, 9.17) is 20.3 Å². The molecule has 2 aromatic carbocycles. The third-order valence-corrected chi connectivity index (χ3v) is 5.73. The number of piperazine rings is 1. The lowest BCUT2D eigenvalue weighted by atomic mass is 10.1. The lowest BCUT2D eigenvalue weighted by Crippen LogP contribution is -2.49. The third kappa shape index (κ3) is 4.35. The molecule has 2 aromatic rings. The smallest absolute Gasteiger partial charge is 0.137 e. The SMILES string of the molecule is [2H]c1c([2H])c([2H])c2c(c1[2H])N=C(N1CCN(CCOCCO)CC1)c1ccccc1S2. The summed E-state index contributed by atoms with van der Waals surface area (Å²) in [5.41, 5.74) is 1.25. The Kier molecular flexibility index (Phi) is 4.67. The number of ether oxygens (including phenoxy) is 1. The molecule has 0 aromatic heterocycles. The molecule has 0 bridgehead atoms. The first-order valence-electron chi connectivity index (χ1n) is 11.1. The van der Waals surface area contributed by atoms with Gasteiger partial charge in [0.2, 0.25) is 0 Å². The lowest BCUT2D eigenvalue weighted by Gasteiger charge is -2.36. The van der Waals surface area contributed by atoms with Crippen molar-refractivity contribution in [3.8, 4) is 0 Å². The van der Waals surface area contributed by atoms with Crippen LogP contribution in [-0.4, -0.2) is 73.3 Å². The Morgan fingerprint density at radius 2 is 1.89 bits per heavy atom. The Hall–Kier alpha value is -1.86. The molecule has 142 valence electrons. The number of hydrogen-bond donors (Lipinski definition) is 1. The van der Waals surface area contributed by atoms with Crippen molar-refractivity contribution in [1.29, 1.82) is 0 Å². The molecule has 5 nitrogen and oxygen atoms in total. The number of benzene rings is 2. The maximum absolute atomic E-state index is 8.82. The summed E-state index contributed by atoms with van der Waals surface area (Å²) >= 11 is 1.35. The second-order valence-corrected chi connectivity index (χ2v) is 7.43. The van der Waals surface area contributed by atoms with Crippen molar-refractivity contribution in [2.45, 2.75) is 9.79 Å². The van der Waals surface area contributed by atoms with Crippen molar-refractivity contribution >= 4 is 23.3 Å². The van der Waals surface area contributed by atoms with Gasteiger partial charge in [0.25, 0.3) is 0 Å². The van der Waals surface area contributed by atoms with Crippen LogP contribution in [0, 0.1) is 0 Å². The summed E-state index contributed by atoms with van der Waals surface area (Å²) in [7, 11) is 0. The van der Waals surface area contributed by atoms with Gasteiger partial charge in [0.1, 0.15) is 5.84 Å². The highest BCUT2D eigenvalue weighted by Crippen LogP contribution is 2.40. The quantitative estimate of drug-likeness (QED) is 0.800. The Morgan fingerprint density at radius 3 is 2.74 bits per heavy atom. The van der Waals surface area contributed by atoms with Crippen LogP contribution in [-0.2, 0) is 4.74 Å². The fraction of sp³-hybridized carbons (Fsp3) is 0.381. The molecule has 0 spiro atoms. The van der Waals surface area contributed by atoms with E-state index in [-0.39, 0.29) is 30.8 Å². The predicted octanol–water partition coefficient (Wildman–Crippen LogP) is 2.86. The van der Waals surface area contributed by atoms with Gasteiger partial charge >= 0.3 is 0 Å². The molecule has 6 heteroatoms. The first kappa shape index (κ1) is 14.2. The van der Waals surface area contributed by atoms with Gasteiger partial charge in [-0.3, -0.25) is 4.90 Å². The van der Waals surface area contributed by atoms with E-state index >= 15 is 0 Å². The number of fused-ring (bicyclic) bond motifs is 2. The summed E-state index contributed by atoms with van der Waals surface area (Å²) in [4.78, 5) is 10.7. The van der Waals surface area contributed by atoms with Crippen LogP contribution in [0.15, 0.2) is 63.2 Å². The first-order valence-corrected chi connectivity index (χ1v) is 9.95. The van der Waals surface area contributed by atoms with E-state index in [1.165, 1.54) is 11.8 Å². The van der Waals surface area contributed by atoms with Crippen LogP contribution in [0.2, 0.25) is 0 Å². The fourth-order valence-electron chi connectivity index (χ4n) is 3.25. The Balaban J connectivity index is 1.64. The molecule has 0 radical (unpaired) electrons. The summed E-state index contributed by atoms with van der Waals surface area (Å²) in [6.45, 7) is 5.00. The van der Waals surface area contributed by atoms with E-state index in [0.717, 1.165) is 49.0 Å². The maximum Gasteiger partial charge on any atom is 0.137 e. The van der Waals surface area contributed by atoms with Gasteiger partial charge in [0, 0.05) is 48.1 Å². The highest BCUT2D eigenvalue weighted by molar-refractivity contribution is 7.99. The molecule has 2 aliphatic rings. The molecular weight excluding hydrogens is 358 g/mol. The molecule has 2 heterocycles. The number of nitrogens with zero attached hydrogens (tertiary/aromatic N) is 3. The second kappa shape index (κ2) is 8.89. The minimum absolute atomic E-state index is 0.0340. The highest BCUT2D eigenvalue weighted by Gasteiger charge is 2.24. The number of aliphatic hydroxyl groups excluding tert-OH is 1. The summed E-state index contributed by atoms with van der Waals surface area (Å²) in [6.07, 6.45) is 0. The van der Waals surface area contributed by atoms with Crippen LogP contribution in [0.25, 0.3) is 0 Å². The van der Waals surface area contributed by atoms with Crippen LogP contribution in [0.4, 0.5) is 5.69 Å². The van der Waals surface area contributed by atoms with Gasteiger partial charge in [-0.2, -0.15) is 0 Å². The van der Waals surface area contributed by atoms with E-state index in [1.54, 1.807) is 0 Å². The second-order valence-electron chi connectivity index (χ2n) is 6.38. The van der Waals surface area contributed by atoms with Crippen molar-refractivity contribution < 1.29 is 15.3 Å². The van der Waals surface area contributed by atoms with Gasteiger partial charge in [-0.25, -0.2) is 4.99 Å². The zero-order chi connectivity index (χ0) is 22.0. The topological polar surface area (TPSA) is 48.3 Å². The number of aliphatic hydroxyl groups is 1. The monoisotopic (exact) mass is 387 g/mol. The fourth-order valence-corrected chi connectivity index (χ4v) is 4.18. The van der Waals surface area contributed by atoms with Gasteiger partial charge in [-0.15, -0.1) is 0 Å². The van der Waals surface area contributed by atoms with Crippen LogP contribution < -0.4 is 0 Å². The number of aliphatic imine (C=N–C) groups is 1. The zero-order valence-corrected chi connectivity index (χ0v) is 15.9. The van der Waals surface area contributed by atoms with E-state index < -0.39 is 0 Å². The number of hydrogen-bond acceptors (Lipinski definition) is 6. The van der Waals surface area contributed by atoms with Crippen molar-refractivity contribution in [3.05, 3.63) is 54.0 Å². The summed E-state index contributed by atoms with van der Waals surface area (Å²) in [5, 5.41) is 8.82. The van der Waals surface area contributed by atoms with E-state index in [0.29, 0.717) is 23.8 Å². The number of amidine groups is 1. The molecule has 4 rings (SSSR count). The largest absolute Gasteiger partial charge is 0.394 e. The van der Waals surface area contributed by atoms with Crippen LogP contribution in [0.5, 0.6) is 0 Å². The lowest BCUT2D eigenvalue weighted by molar-refractivity contribution is 0.0652. The van der Waals surface area contributed by atoms with Crippen molar-refractivity contribution in [2.24, 2.45) is 4.99 Å². The zero-order valence-electron chi connectivity index (χ0n) is 19.1. The average Bonchev–Trinajstić information content (AvgIpc) is 2.97. The molecule has 27 heavy (non-hydrogen) atoms. The highest BCUT2D eigenvalue weighted by atomic mass is 32.2. The van der Waals surface area contributed by atoms with Crippen molar-refractivity contribution in [2.75, 3.05) is 52.5 Å². The van der Waals surface area contributed by atoms with Crippen LogP contribution in [0.3, 0.4) is 0 Å². The molecule has 1 saturated heterocycles. The van der Waals surface area contributed by atoms with Crippen molar-refractivity contribution in [1.82, 2.24) is 9.80 Å². The average molecular weight is 388 g/mol. The first-order chi connectivity index (χ1) is 15.0. The van der Waals surface area contributed by atoms with Gasteiger partial charge in [-0.05, 0) is 18.2 Å². The summed E-state index contributed by atoms with van der Waals surface area (Å²) in [6, 6.07) is 7.22. The maximum atomic E-state index is 8.82. The molecular formula is C21H25N3O2S. The predicted molar refractivity (Wildman–Crippen MR) is 109 cm³/mol. The van der Waals surface area contributed by atoms with Gasteiger partial charge in [0.15, 0.2) is 0 Å². The van der Waals surface area contributed by atoms with Gasteiger partial charge in [0.05, 0.1) is 31.0 Å². The number of para-hydroxylation sites is 1. The molecule has 1 fully saturated rings. The third-order valence-electron chi connectivity index (χ3n) is 4.65. The molecule has 2 aliphatic heterocycles. The van der Waals surface area contributed by atoms with Crippen molar-refractivity contribution in [3.63, 3.8) is 0 Å². The Labute approximate surface area is 170 Å². The van der Waals surface area contributed by atoms with Gasteiger partial charge in [-0.1, -0.05) is 42.0 Å². The molecule has 0 atom stereocenters. The molecule has 0 aliphatic carbocycles. The van der Waals surface area contributed by atoms with Crippen LogP contribution in [0.1, 0.15) is 11.0 Å².